The fourth-order valence-corrected chi connectivity index (χ4v) is 1.33. The molecule has 0 aliphatic rings. The number of aromatic nitrogens is 2. The van der Waals surface area contributed by atoms with Crippen molar-refractivity contribution < 1.29 is 8.42 Å². The molecule has 0 unspecified atom stereocenters. The molecule has 0 atom stereocenters. The van der Waals surface area contributed by atoms with Gasteiger partial charge in [0.25, 0.3) is 10.2 Å². The van der Waals surface area contributed by atoms with Crippen molar-refractivity contribution in [3.8, 4) is 0 Å². The zero-order valence-corrected chi connectivity index (χ0v) is 9.76. The van der Waals surface area contributed by atoms with E-state index >= 15 is 0 Å². The van der Waals surface area contributed by atoms with E-state index in [1.54, 1.807) is 12.4 Å². The largest absolute Gasteiger partial charge is 0.277 e. The van der Waals surface area contributed by atoms with Crippen molar-refractivity contribution >= 4 is 26.1 Å². The third-order valence-electron chi connectivity index (χ3n) is 1.36. The summed E-state index contributed by atoms with van der Waals surface area (Å²) in [5.74, 6) is 0.409. The van der Waals surface area contributed by atoms with Gasteiger partial charge in [0.2, 0.25) is 0 Å². The predicted molar refractivity (Wildman–Crippen MR) is 54.6 cm³/mol. The van der Waals surface area contributed by atoms with Crippen LogP contribution in [0, 0.1) is 0 Å². The summed E-state index contributed by atoms with van der Waals surface area (Å²) in [5, 5.41) is 0. The summed E-state index contributed by atoms with van der Waals surface area (Å²) in [6, 6.07) is 0. The molecule has 78 valence electrons. The van der Waals surface area contributed by atoms with Gasteiger partial charge in [-0.3, -0.25) is 0 Å². The van der Waals surface area contributed by atoms with Crippen molar-refractivity contribution in [2.24, 2.45) is 0 Å². The maximum absolute atomic E-state index is 11.0. The maximum Gasteiger partial charge on any atom is 0.277 e. The Morgan fingerprint density at radius 2 is 2.00 bits per heavy atom. The van der Waals surface area contributed by atoms with Gasteiger partial charge in [-0.05, 0) is 15.9 Å². The Labute approximate surface area is 90.5 Å². The standard InChI is InChI=1S/C6H9BrN4O2S/c1-8-14(12,13)11-4-6-9-2-5(7)3-10-6/h2-3,8,11H,4H2,1H3. The van der Waals surface area contributed by atoms with Crippen LogP contribution in [-0.2, 0) is 16.8 Å². The quantitative estimate of drug-likeness (QED) is 0.800. The van der Waals surface area contributed by atoms with Crippen LogP contribution in [0.3, 0.4) is 0 Å². The normalized spacial score (nSPS) is 11.6. The summed E-state index contributed by atoms with van der Waals surface area (Å²) < 4.78 is 27.0. The molecule has 8 heteroatoms. The molecule has 1 aromatic heterocycles. The highest BCUT2D eigenvalue weighted by atomic mass is 79.9. The van der Waals surface area contributed by atoms with E-state index in [2.05, 4.69) is 35.3 Å². The summed E-state index contributed by atoms with van der Waals surface area (Å²) in [4.78, 5) is 7.81. The lowest BCUT2D eigenvalue weighted by atomic mass is 10.6. The zero-order valence-electron chi connectivity index (χ0n) is 7.36. The summed E-state index contributed by atoms with van der Waals surface area (Å²) in [6.07, 6.45) is 3.10. The van der Waals surface area contributed by atoms with Gasteiger partial charge >= 0.3 is 0 Å². The number of hydrogen-bond acceptors (Lipinski definition) is 4. The SMILES string of the molecule is CNS(=O)(=O)NCc1ncc(Br)cn1. The average molecular weight is 281 g/mol. The molecule has 0 aliphatic heterocycles. The first kappa shape index (κ1) is 11.5. The number of nitrogens with zero attached hydrogens (tertiary/aromatic N) is 2. The van der Waals surface area contributed by atoms with E-state index in [9.17, 15) is 8.42 Å². The topological polar surface area (TPSA) is 84.0 Å². The third kappa shape index (κ3) is 3.66. The molecule has 0 saturated heterocycles. The highest BCUT2D eigenvalue weighted by molar-refractivity contribution is 9.10. The highest BCUT2D eigenvalue weighted by Crippen LogP contribution is 2.03. The minimum absolute atomic E-state index is 0.0659. The van der Waals surface area contributed by atoms with E-state index < -0.39 is 10.2 Å². The molecule has 0 aromatic carbocycles. The lowest BCUT2D eigenvalue weighted by Crippen LogP contribution is -2.33. The van der Waals surface area contributed by atoms with Gasteiger partial charge in [0.15, 0.2) is 0 Å². The molecule has 0 bridgehead atoms. The molecule has 1 aromatic rings. The zero-order chi connectivity index (χ0) is 10.6. The molecule has 0 amide bonds. The first-order chi connectivity index (χ1) is 6.53. The Morgan fingerprint density at radius 3 is 2.50 bits per heavy atom. The van der Waals surface area contributed by atoms with Crippen molar-refractivity contribution in [2.45, 2.75) is 6.54 Å². The number of halogens is 1. The molecule has 1 heterocycles. The van der Waals surface area contributed by atoms with Crippen LogP contribution < -0.4 is 9.44 Å². The van der Waals surface area contributed by atoms with Gasteiger partial charge in [-0.1, -0.05) is 0 Å². The third-order valence-corrected chi connectivity index (χ3v) is 2.83. The molecular formula is C6H9BrN4O2S. The van der Waals surface area contributed by atoms with E-state index in [1.807, 2.05) is 0 Å². The smallest absolute Gasteiger partial charge is 0.239 e. The first-order valence-electron chi connectivity index (χ1n) is 3.68. The Morgan fingerprint density at radius 1 is 1.43 bits per heavy atom. The Kier molecular flexibility index (Phi) is 3.93. The Hall–Kier alpha value is -0.570. The van der Waals surface area contributed by atoms with Gasteiger partial charge in [0.1, 0.15) is 5.82 Å². The van der Waals surface area contributed by atoms with Gasteiger partial charge in [0.05, 0.1) is 11.0 Å². The molecule has 0 saturated carbocycles. The van der Waals surface area contributed by atoms with Crippen LogP contribution in [-0.4, -0.2) is 25.4 Å². The molecule has 14 heavy (non-hydrogen) atoms. The minimum Gasteiger partial charge on any atom is -0.239 e. The van der Waals surface area contributed by atoms with Crippen LogP contribution in [0.4, 0.5) is 0 Å². The van der Waals surface area contributed by atoms with E-state index in [-0.39, 0.29) is 6.54 Å². The molecule has 0 spiro atoms. The predicted octanol–water partition coefficient (Wildman–Crippen LogP) is -0.207. The van der Waals surface area contributed by atoms with E-state index in [0.717, 1.165) is 4.47 Å². The minimum atomic E-state index is -3.42. The Balaban J connectivity index is 2.59. The van der Waals surface area contributed by atoms with Crippen LogP contribution in [0.5, 0.6) is 0 Å². The lowest BCUT2D eigenvalue weighted by molar-refractivity contribution is 0.571. The summed E-state index contributed by atoms with van der Waals surface area (Å²) in [6.45, 7) is 0.0659. The van der Waals surface area contributed by atoms with Crippen molar-refractivity contribution in [1.82, 2.24) is 19.4 Å². The first-order valence-corrected chi connectivity index (χ1v) is 5.95. The fourth-order valence-electron chi connectivity index (χ4n) is 0.662. The van der Waals surface area contributed by atoms with Gasteiger partial charge in [-0.2, -0.15) is 13.1 Å². The maximum atomic E-state index is 11.0. The second kappa shape index (κ2) is 4.78. The second-order valence-electron chi connectivity index (χ2n) is 2.35. The monoisotopic (exact) mass is 280 g/mol. The van der Waals surface area contributed by atoms with Crippen molar-refractivity contribution in [3.63, 3.8) is 0 Å². The van der Waals surface area contributed by atoms with Crippen LogP contribution >= 0.6 is 15.9 Å². The van der Waals surface area contributed by atoms with Crippen LogP contribution in [0.15, 0.2) is 16.9 Å². The van der Waals surface area contributed by atoms with Crippen molar-refractivity contribution in [1.29, 1.82) is 0 Å². The van der Waals surface area contributed by atoms with Crippen LogP contribution in [0.1, 0.15) is 5.82 Å². The van der Waals surface area contributed by atoms with Gasteiger partial charge < -0.3 is 0 Å². The molecule has 2 N–H and O–H groups in total. The molecule has 0 aliphatic carbocycles. The summed E-state index contributed by atoms with van der Waals surface area (Å²) >= 11 is 3.17. The lowest BCUT2D eigenvalue weighted by Gasteiger charge is -2.03. The number of hydrogen-bond donors (Lipinski definition) is 2. The van der Waals surface area contributed by atoms with Crippen LogP contribution in [0.25, 0.3) is 0 Å². The van der Waals surface area contributed by atoms with E-state index in [0.29, 0.717) is 5.82 Å². The van der Waals surface area contributed by atoms with Crippen molar-refractivity contribution in [2.75, 3.05) is 7.05 Å². The number of nitrogens with one attached hydrogen (secondary N) is 2. The number of rotatable bonds is 4. The van der Waals surface area contributed by atoms with Gasteiger partial charge in [0, 0.05) is 19.4 Å². The molecule has 0 radical (unpaired) electrons. The Bertz CT molecular complexity index is 391. The average Bonchev–Trinajstić information content (AvgIpc) is 2.17. The summed E-state index contributed by atoms with van der Waals surface area (Å²) in [7, 11) is -2.10. The molecular weight excluding hydrogens is 272 g/mol. The second-order valence-corrected chi connectivity index (χ2v) is 4.97. The van der Waals surface area contributed by atoms with Crippen LogP contribution in [0.2, 0.25) is 0 Å². The van der Waals surface area contributed by atoms with E-state index in [1.165, 1.54) is 7.05 Å². The highest BCUT2D eigenvalue weighted by Gasteiger charge is 2.06. The van der Waals surface area contributed by atoms with Gasteiger partial charge in [-0.15, -0.1) is 0 Å². The fraction of sp³-hybridized carbons (Fsp3) is 0.333. The van der Waals surface area contributed by atoms with E-state index in [4.69, 9.17) is 0 Å². The van der Waals surface area contributed by atoms with Crippen molar-refractivity contribution in [3.05, 3.63) is 22.7 Å². The summed E-state index contributed by atoms with van der Waals surface area (Å²) in [5.41, 5.74) is 0. The molecule has 1 rings (SSSR count). The van der Waals surface area contributed by atoms with Gasteiger partial charge in [-0.25, -0.2) is 14.7 Å². The molecule has 6 nitrogen and oxygen atoms in total. The molecule has 0 fully saturated rings.